The minimum Gasteiger partial charge on any atom is -0.387 e. The van der Waals surface area contributed by atoms with Gasteiger partial charge < -0.3 is 9.74 Å². The van der Waals surface area contributed by atoms with Gasteiger partial charge in [0.05, 0.1) is 10.7 Å². The molecule has 4 heterocycles. The van der Waals surface area contributed by atoms with Crippen molar-refractivity contribution >= 4 is 34.6 Å². The van der Waals surface area contributed by atoms with E-state index in [1.54, 1.807) is 23.1 Å². The first-order valence-corrected chi connectivity index (χ1v) is 12.8. The lowest BCUT2D eigenvalue weighted by molar-refractivity contribution is -0.133. The van der Waals surface area contributed by atoms with Crippen molar-refractivity contribution in [3.05, 3.63) is 68.4 Å². The highest BCUT2D eigenvalue weighted by molar-refractivity contribution is 7.10. The third-order valence-corrected chi connectivity index (χ3v) is 7.62. The molecule has 7 nitrogen and oxygen atoms in total. The van der Waals surface area contributed by atoms with Crippen molar-refractivity contribution in [2.45, 2.75) is 50.7 Å². The van der Waals surface area contributed by atoms with Crippen LogP contribution in [0, 0.1) is 6.07 Å². The number of alkyl halides is 4. The fourth-order valence-corrected chi connectivity index (χ4v) is 5.59. The van der Waals surface area contributed by atoms with E-state index in [-0.39, 0.29) is 12.0 Å². The Hall–Kier alpha value is -2.99. The second kappa shape index (κ2) is 10.8. The van der Waals surface area contributed by atoms with Crippen molar-refractivity contribution in [2.24, 2.45) is 5.16 Å². The molecule has 1 radical (unpaired) electrons. The monoisotopic (exact) mass is 554 g/mol. The van der Waals surface area contributed by atoms with E-state index in [0.717, 1.165) is 22.0 Å². The number of carbonyl (C=O) groups is 1. The summed E-state index contributed by atoms with van der Waals surface area (Å²) in [6.45, 7) is 0.299. The maximum Gasteiger partial charge on any atom is 0.282 e. The van der Waals surface area contributed by atoms with Crippen LogP contribution in [0.4, 0.5) is 17.6 Å². The van der Waals surface area contributed by atoms with E-state index in [0.29, 0.717) is 48.1 Å². The molecule has 1 aromatic carbocycles. The third kappa shape index (κ3) is 5.64. The molecular weight excluding hydrogens is 534 g/mol. The zero-order valence-electron chi connectivity index (χ0n) is 19.3. The summed E-state index contributed by atoms with van der Waals surface area (Å²) in [6.07, 6.45) is -4.43. The van der Waals surface area contributed by atoms with Gasteiger partial charge in [0.15, 0.2) is 6.10 Å². The van der Waals surface area contributed by atoms with Gasteiger partial charge in [-0.15, -0.1) is 11.3 Å². The van der Waals surface area contributed by atoms with Crippen molar-refractivity contribution in [1.82, 2.24) is 19.7 Å². The summed E-state index contributed by atoms with van der Waals surface area (Å²) in [7, 11) is 0. The quantitative estimate of drug-likeness (QED) is 0.339. The molecule has 0 spiro atoms. The van der Waals surface area contributed by atoms with Crippen LogP contribution in [-0.2, 0) is 16.2 Å². The van der Waals surface area contributed by atoms with Gasteiger partial charge in [-0.25, -0.2) is 22.5 Å². The van der Waals surface area contributed by atoms with E-state index in [9.17, 15) is 22.4 Å². The number of oxime groups is 1. The molecule has 37 heavy (non-hydrogen) atoms. The number of hydrogen-bond donors (Lipinski definition) is 0. The topological polar surface area (TPSA) is 72.6 Å². The molecule has 3 aromatic rings. The van der Waals surface area contributed by atoms with Gasteiger partial charge in [-0.1, -0.05) is 22.8 Å². The molecule has 0 bridgehead atoms. The molecule has 0 N–H and O–H groups in total. The molecule has 1 atom stereocenters. The van der Waals surface area contributed by atoms with Gasteiger partial charge >= 0.3 is 0 Å². The molecule has 0 saturated carbocycles. The number of thiazole rings is 1. The predicted molar refractivity (Wildman–Crippen MR) is 128 cm³/mol. The van der Waals surface area contributed by atoms with E-state index in [2.05, 4.69) is 16.3 Å². The zero-order chi connectivity index (χ0) is 26.1. The average Bonchev–Trinajstić information content (AvgIpc) is 3.63. The number of piperidine rings is 1. The fraction of sp³-hybridized carbons (Fsp3) is 0.417. The summed E-state index contributed by atoms with van der Waals surface area (Å²) < 4.78 is 52.9. The molecule has 2 aliphatic rings. The highest BCUT2D eigenvalue weighted by Crippen LogP contribution is 2.34. The first-order chi connectivity index (χ1) is 17.8. The van der Waals surface area contributed by atoms with Gasteiger partial charge in [-0.2, -0.15) is 5.10 Å². The summed E-state index contributed by atoms with van der Waals surface area (Å²) in [5.41, 5.74) is 0.848. The molecule has 1 amide bonds. The van der Waals surface area contributed by atoms with Crippen LogP contribution in [0.3, 0.4) is 0 Å². The lowest BCUT2D eigenvalue weighted by atomic mass is 9.97. The molecule has 13 heteroatoms. The Bertz CT molecular complexity index is 1310. The van der Waals surface area contributed by atoms with Gasteiger partial charge in [-0.3, -0.25) is 9.48 Å². The number of nitrogens with zero attached hydrogens (tertiary/aromatic N) is 5. The van der Waals surface area contributed by atoms with Crippen molar-refractivity contribution in [3.8, 4) is 0 Å². The fourth-order valence-electron chi connectivity index (χ4n) is 4.41. The molecule has 1 fully saturated rings. The SMILES string of the molecule is O=C(Cn1nc(C(F)F)cc1C(F)F)N1CCC(c2nc(C3=NOC(c4[c]ccc(Cl)c4)C3)cs2)CC1. The van der Waals surface area contributed by atoms with Gasteiger partial charge in [0.2, 0.25) is 5.91 Å². The number of carbonyl (C=O) groups excluding carboxylic acids is 1. The number of benzene rings is 1. The Morgan fingerprint density at radius 3 is 2.70 bits per heavy atom. The van der Waals surface area contributed by atoms with Gasteiger partial charge in [0.1, 0.15) is 23.6 Å². The highest BCUT2D eigenvalue weighted by Gasteiger charge is 2.30. The third-order valence-electron chi connectivity index (χ3n) is 6.38. The molecule has 2 aromatic heterocycles. The largest absolute Gasteiger partial charge is 0.387 e. The van der Waals surface area contributed by atoms with E-state index >= 15 is 0 Å². The van der Waals surface area contributed by atoms with Crippen molar-refractivity contribution in [3.63, 3.8) is 0 Å². The van der Waals surface area contributed by atoms with E-state index < -0.39 is 36.7 Å². The number of amides is 1. The lowest BCUT2D eigenvalue weighted by Gasteiger charge is -2.31. The van der Waals surface area contributed by atoms with Crippen molar-refractivity contribution < 1.29 is 27.2 Å². The number of likely N-dealkylation sites (tertiary alicyclic amines) is 1. The Morgan fingerprint density at radius 2 is 2.00 bits per heavy atom. The van der Waals surface area contributed by atoms with Crippen LogP contribution in [0.1, 0.15) is 71.8 Å². The number of aromatic nitrogens is 3. The number of rotatable bonds is 7. The van der Waals surface area contributed by atoms with E-state index in [1.165, 1.54) is 11.3 Å². The molecule has 1 saturated heterocycles. The minimum atomic E-state index is -3.01. The smallest absolute Gasteiger partial charge is 0.282 e. The number of hydrogen-bond acceptors (Lipinski definition) is 6. The Balaban J connectivity index is 1.16. The summed E-state index contributed by atoms with van der Waals surface area (Å²) in [6, 6.07) is 9.04. The van der Waals surface area contributed by atoms with E-state index in [1.807, 2.05) is 5.38 Å². The molecule has 195 valence electrons. The van der Waals surface area contributed by atoms with Gasteiger partial charge in [-0.05, 0) is 37.1 Å². The Kier molecular flexibility index (Phi) is 7.47. The van der Waals surface area contributed by atoms with Crippen LogP contribution in [0.25, 0.3) is 0 Å². The standard InChI is InChI=1S/C24H21ClF4N5O2S/c25-15-3-1-2-14(8-15)20-10-16(32-36-20)18-12-37-24(30-18)13-4-6-33(7-5-13)21(35)11-34-19(23(28)29)9-17(31-34)22(26)27/h1,3,8-9,12-13,20,22-23H,4-7,10-11H2. The van der Waals surface area contributed by atoms with Gasteiger partial charge in [0.25, 0.3) is 12.9 Å². The molecule has 5 rings (SSSR count). The van der Waals surface area contributed by atoms with Crippen molar-refractivity contribution in [2.75, 3.05) is 13.1 Å². The molecule has 0 aliphatic carbocycles. The summed E-state index contributed by atoms with van der Waals surface area (Å²) >= 11 is 7.57. The second-order valence-corrected chi connectivity index (χ2v) is 10.1. The number of halogens is 5. The Morgan fingerprint density at radius 1 is 1.22 bits per heavy atom. The van der Waals surface area contributed by atoms with Crippen LogP contribution < -0.4 is 0 Å². The highest BCUT2D eigenvalue weighted by atomic mass is 35.5. The normalized spacial score (nSPS) is 18.5. The second-order valence-electron chi connectivity index (χ2n) is 8.78. The van der Waals surface area contributed by atoms with Crippen LogP contribution >= 0.6 is 22.9 Å². The summed E-state index contributed by atoms with van der Waals surface area (Å²) in [5.74, 6) is -0.306. The van der Waals surface area contributed by atoms with Crippen LogP contribution in [0.5, 0.6) is 0 Å². The maximum atomic E-state index is 13.2. The summed E-state index contributed by atoms with van der Waals surface area (Å²) in [5, 5.41) is 11.2. The first-order valence-electron chi connectivity index (χ1n) is 11.6. The average molecular weight is 555 g/mol. The molecule has 2 aliphatic heterocycles. The van der Waals surface area contributed by atoms with Crippen molar-refractivity contribution in [1.29, 1.82) is 0 Å². The Labute approximate surface area is 218 Å². The summed E-state index contributed by atoms with van der Waals surface area (Å²) in [4.78, 5) is 24.6. The minimum absolute atomic E-state index is 0.134. The molecule has 1 unspecified atom stereocenters. The van der Waals surface area contributed by atoms with E-state index in [4.69, 9.17) is 21.4 Å². The first kappa shape index (κ1) is 25.7. The molecular formula is C24H21ClF4N5O2S. The van der Waals surface area contributed by atoms with Crippen LogP contribution in [0.15, 0.2) is 34.8 Å². The predicted octanol–water partition coefficient (Wildman–Crippen LogP) is 5.94. The lowest BCUT2D eigenvalue weighted by Crippen LogP contribution is -2.40. The van der Waals surface area contributed by atoms with Crippen LogP contribution in [0.2, 0.25) is 5.02 Å². The zero-order valence-corrected chi connectivity index (χ0v) is 20.9. The van der Waals surface area contributed by atoms with Gasteiger partial charge in [0, 0.05) is 41.4 Å². The van der Waals surface area contributed by atoms with Crippen LogP contribution in [-0.4, -0.2) is 44.4 Å². The maximum absolute atomic E-state index is 13.2.